The monoisotopic (exact) mass is 275 g/mol. The molecule has 2 aromatic rings. The van der Waals surface area contributed by atoms with E-state index < -0.39 is 6.10 Å². The first-order chi connectivity index (χ1) is 9.70. The van der Waals surface area contributed by atoms with Gasteiger partial charge in [0.05, 0.1) is 6.61 Å². The zero-order valence-electron chi connectivity index (χ0n) is 11.6. The van der Waals surface area contributed by atoms with Crippen molar-refractivity contribution in [2.24, 2.45) is 0 Å². The van der Waals surface area contributed by atoms with Crippen LogP contribution in [-0.4, -0.2) is 42.1 Å². The molecule has 0 bridgehead atoms. The Labute approximate surface area is 119 Å². The van der Waals surface area contributed by atoms with Crippen LogP contribution >= 0.6 is 0 Å². The van der Waals surface area contributed by atoms with Crippen molar-refractivity contribution in [3.8, 4) is 5.75 Å². The zero-order chi connectivity index (χ0) is 14.4. The van der Waals surface area contributed by atoms with Crippen LogP contribution in [0, 0.1) is 0 Å². The summed E-state index contributed by atoms with van der Waals surface area (Å²) >= 11 is 0. The molecule has 0 aliphatic rings. The Hall–Kier alpha value is -1.62. The van der Waals surface area contributed by atoms with E-state index in [0.29, 0.717) is 6.54 Å². The van der Waals surface area contributed by atoms with E-state index in [9.17, 15) is 5.11 Å². The second-order valence-electron chi connectivity index (χ2n) is 4.93. The molecule has 0 aromatic heterocycles. The summed E-state index contributed by atoms with van der Waals surface area (Å²) in [5, 5.41) is 23.9. The first kappa shape index (κ1) is 14.8. The number of hydrogen-bond donors (Lipinski definition) is 3. The van der Waals surface area contributed by atoms with Crippen molar-refractivity contribution in [3.63, 3.8) is 0 Å². The maximum atomic E-state index is 9.86. The highest BCUT2D eigenvalue weighted by molar-refractivity contribution is 5.88. The van der Waals surface area contributed by atoms with Crippen LogP contribution in [0.2, 0.25) is 0 Å². The van der Waals surface area contributed by atoms with Gasteiger partial charge in [-0.1, -0.05) is 36.4 Å². The van der Waals surface area contributed by atoms with Crippen molar-refractivity contribution < 1.29 is 14.9 Å². The number of benzene rings is 2. The topological polar surface area (TPSA) is 61.7 Å². The van der Waals surface area contributed by atoms with Crippen LogP contribution in [0.4, 0.5) is 0 Å². The molecule has 0 spiro atoms. The lowest BCUT2D eigenvalue weighted by atomic mass is 10.1. The van der Waals surface area contributed by atoms with Crippen molar-refractivity contribution in [2.75, 3.05) is 19.8 Å². The molecular formula is C16H21NO3. The van der Waals surface area contributed by atoms with Crippen molar-refractivity contribution in [1.82, 2.24) is 5.32 Å². The number of ether oxygens (including phenoxy) is 1. The quantitative estimate of drug-likeness (QED) is 0.717. The highest BCUT2D eigenvalue weighted by Crippen LogP contribution is 2.25. The summed E-state index contributed by atoms with van der Waals surface area (Å²) in [6.07, 6.45) is -0.608. The van der Waals surface area contributed by atoms with Crippen LogP contribution in [0.15, 0.2) is 42.5 Å². The fraction of sp³-hybridized carbons (Fsp3) is 0.375. The summed E-state index contributed by atoms with van der Waals surface area (Å²) < 4.78 is 5.69. The third kappa shape index (κ3) is 3.93. The lowest BCUT2D eigenvalue weighted by molar-refractivity contribution is 0.102. The standard InChI is InChI=1S/C16H21NO3/c1-12(10-18)17-9-14(19)11-20-16-8-4-6-13-5-2-3-7-15(13)16/h2-8,12,14,17-19H,9-11H2,1H3/t12-,14-/m0/s1. The van der Waals surface area contributed by atoms with E-state index in [2.05, 4.69) is 5.32 Å². The van der Waals surface area contributed by atoms with Gasteiger partial charge in [0, 0.05) is 18.0 Å². The molecule has 4 nitrogen and oxygen atoms in total. The summed E-state index contributed by atoms with van der Waals surface area (Å²) in [5.41, 5.74) is 0. The average molecular weight is 275 g/mol. The van der Waals surface area contributed by atoms with Gasteiger partial charge in [-0.2, -0.15) is 0 Å². The molecule has 0 saturated heterocycles. The Morgan fingerprint density at radius 2 is 1.90 bits per heavy atom. The van der Waals surface area contributed by atoms with E-state index in [4.69, 9.17) is 9.84 Å². The maximum Gasteiger partial charge on any atom is 0.127 e. The number of aliphatic hydroxyl groups is 2. The molecule has 3 N–H and O–H groups in total. The molecule has 0 amide bonds. The van der Waals surface area contributed by atoms with Crippen molar-refractivity contribution in [2.45, 2.75) is 19.1 Å². The summed E-state index contributed by atoms with van der Waals surface area (Å²) in [4.78, 5) is 0. The number of nitrogens with one attached hydrogen (secondary N) is 1. The first-order valence-electron chi connectivity index (χ1n) is 6.83. The minimum Gasteiger partial charge on any atom is -0.490 e. The maximum absolute atomic E-state index is 9.86. The van der Waals surface area contributed by atoms with Crippen LogP contribution in [0.3, 0.4) is 0 Å². The van der Waals surface area contributed by atoms with E-state index in [1.165, 1.54) is 0 Å². The summed E-state index contributed by atoms with van der Waals surface area (Å²) in [5.74, 6) is 0.775. The Balaban J connectivity index is 1.92. The minimum absolute atomic E-state index is 0.0257. The largest absolute Gasteiger partial charge is 0.490 e. The second-order valence-corrected chi connectivity index (χ2v) is 4.93. The van der Waals surface area contributed by atoms with E-state index in [1.54, 1.807) is 0 Å². The molecule has 108 valence electrons. The van der Waals surface area contributed by atoms with Crippen molar-refractivity contribution in [1.29, 1.82) is 0 Å². The van der Waals surface area contributed by atoms with Gasteiger partial charge in [0.15, 0.2) is 0 Å². The van der Waals surface area contributed by atoms with E-state index in [-0.39, 0.29) is 19.3 Å². The van der Waals surface area contributed by atoms with Crippen LogP contribution in [0.25, 0.3) is 10.8 Å². The van der Waals surface area contributed by atoms with Crippen LogP contribution in [0.5, 0.6) is 5.75 Å². The summed E-state index contributed by atoms with van der Waals surface area (Å²) in [6.45, 7) is 2.53. The molecule has 0 saturated carbocycles. The summed E-state index contributed by atoms with van der Waals surface area (Å²) in [6, 6.07) is 13.8. The molecule has 0 fully saturated rings. The Bertz CT molecular complexity index is 539. The molecule has 20 heavy (non-hydrogen) atoms. The molecule has 0 heterocycles. The Kier molecular flexibility index (Phi) is 5.35. The van der Waals surface area contributed by atoms with E-state index in [0.717, 1.165) is 16.5 Å². The smallest absolute Gasteiger partial charge is 0.127 e. The normalized spacial score (nSPS) is 14.2. The van der Waals surface area contributed by atoms with Gasteiger partial charge in [0.1, 0.15) is 18.5 Å². The predicted octanol–water partition coefficient (Wildman–Crippen LogP) is 1.55. The van der Waals surface area contributed by atoms with Crippen LogP contribution in [-0.2, 0) is 0 Å². The molecule has 0 aliphatic heterocycles. The van der Waals surface area contributed by atoms with Crippen molar-refractivity contribution in [3.05, 3.63) is 42.5 Å². The minimum atomic E-state index is -0.608. The third-order valence-corrected chi connectivity index (χ3v) is 3.16. The van der Waals surface area contributed by atoms with Gasteiger partial charge in [-0.15, -0.1) is 0 Å². The van der Waals surface area contributed by atoms with Gasteiger partial charge < -0.3 is 20.3 Å². The molecule has 4 heteroatoms. The van der Waals surface area contributed by atoms with Gasteiger partial charge in [-0.25, -0.2) is 0 Å². The molecule has 0 unspecified atom stereocenters. The molecule has 0 radical (unpaired) electrons. The number of aliphatic hydroxyl groups excluding tert-OH is 2. The fourth-order valence-electron chi connectivity index (χ4n) is 1.97. The second kappa shape index (κ2) is 7.24. The highest BCUT2D eigenvalue weighted by atomic mass is 16.5. The zero-order valence-corrected chi connectivity index (χ0v) is 11.6. The Morgan fingerprint density at radius 1 is 1.15 bits per heavy atom. The van der Waals surface area contributed by atoms with Gasteiger partial charge in [-0.3, -0.25) is 0 Å². The van der Waals surface area contributed by atoms with Gasteiger partial charge in [0.25, 0.3) is 0 Å². The van der Waals surface area contributed by atoms with Crippen molar-refractivity contribution >= 4 is 10.8 Å². The van der Waals surface area contributed by atoms with Crippen LogP contribution in [0.1, 0.15) is 6.92 Å². The third-order valence-electron chi connectivity index (χ3n) is 3.16. The fourth-order valence-corrected chi connectivity index (χ4v) is 1.97. The van der Waals surface area contributed by atoms with Gasteiger partial charge in [0.2, 0.25) is 0 Å². The molecule has 2 atom stereocenters. The SMILES string of the molecule is C[C@@H](CO)NC[C@H](O)COc1cccc2ccccc12. The average Bonchev–Trinajstić information content (AvgIpc) is 2.50. The Morgan fingerprint density at radius 3 is 2.70 bits per heavy atom. The lowest BCUT2D eigenvalue weighted by Gasteiger charge is -2.16. The number of fused-ring (bicyclic) bond motifs is 1. The molecule has 0 aliphatic carbocycles. The lowest BCUT2D eigenvalue weighted by Crippen LogP contribution is -2.38. The predicted molar refractivity (Wildman–Crippen MR) is 80.0 cm³/mol. The molecule has 2 aromatic carbocycles. The summed E-state index contributed by atoms with van der Waals surface area (Å²) in [7, 11) is 0. The first-order valence-corrected chi connectivity index (χ1v) is 6.83. The molecular weight excluding hydrogens is 254 g/mol. The molecule has 2 rings (SSSR count). The number of hydrogen-bond acceptors (Lipinski definition) is 4. The van der Waals surface area contributed by atoms with E-state index in [1.807, 2.05) is 49.4 Å². The van der Waals surface area contributed by atoms with Gasteiger partial charge >= 0.3 is 0 Å². The van der Waals surface area contributed by atoms with Gasteiger partial charge in [-0.05, 0) is 18.4 Å². The van der Waals surface area contributed by atoms with Crippen LogP contribution < -0.4 is 10.1 Å². The highest BCUT2D eigenvalue weighted by Gasteiger charge is 2.08. The van der Waals surface area contributed by atoms with E-state index >= 15 is 0 Å². The number of rotatable bonds is 7.